The number of aromatic nitrogens is 1. The van der Waals surface area contributed by atoms with Crippen LogP contribution in [-0.4, -0.2) is 4.57 Å². The van der Waals surface area contributed by atoms with E-state index in [4.69, 9.17) is 0 Å². The zero-order valence-electron chi connectivity index (χ0n) is 44.7. The molecule has 0 unspecified atom stereocenters. The van der Waals surface area contributed by atoms with Crippen molar-refractivity contribution < 1.29 is 0 Å². The molecule has 0 atom stereocenters. The van der Waals surface area contributed by atoms with Crippen LogP contribution in [0.2, 0.25) is 0 Å². The zero-order chi connectivity index (χ0) is 53.6. The fourth-order valence-corrected chi connectivity index (χ4v) is 12.3. The maximum absolute atomic E-state index is 2.50. The summed E-state index contributed by atoms with van der Waals surface area (Å²) < 4.78 is 2.43. The molecule has 1 aliphatic carbocycles. The van der Waals surface area contributed by atoms with E-state index in [1.807, 2.05) is 0 Å². The summed E-state index contributed by atoms with van der Waals surface area (Å²) in [6, 6.07) is 112. The molecule has 13 aromatic rings. The maximum atomic E-state index is 2.50. The molecule has 1 aromatic heterocycles. The molecule has 382 valence electrons. The smallest absolute Gasteiger partial charge is 0.0561 e. The van der Waals surface area contributed by atoms with Crippen molar-refractivity contribution in [2.75, 3.05) is 19.6 Å². The molecule has 80 heavy (non-hydrogen) atoms. The predicted molar refractivity (Wildman–Crippen MR) is 337 cm³/mol. The number of rotatable bonds is 13. The van der Waals surface area contributed by atoms with Gasteiger partial charge in [0.25, 0.3) is 0 Å². The fraction of sp³-hybridized carbons (Fsp3) is 0.0400. The first-order chi connectivity index (χ1) is 39.5. The number of nitrogens with zero attached hydrogens (tertiary/aromatic N) is 5. The van der Waals surface area contributed by atoms with Gasteiger partial charge in [-0.15, -0.1) is 0 Å². The standard InChI is InChI=1S/C75H57N5/c1-75(2)68-47-44-62(76(54-27-11-3-12-28-54)55-29-13-4-14-30-55)52-67(68)73-70(78(58-35-19-7-20-36-58)59-37-21-8-22-38-59)49-50-71(74(73)75)79(60-39-23-9-24-40-60)63-45-48-69-66(51-63)65-46-43-64(53-72(65)80(69)61-41-25-10-26-42-61)77(56-31-15-5-16-32-56)57-33-17-6-18-34-57/h3-53H,1-2H3. The number of para-hydroxylation sites is 8. The summed E-state index contributed by atoms with van der Waals surface area (Å²) >= 11 is 0. The van der Waals surface area contributed by atoms with E-state index >= 15 is 0 Å². The Bertz CT molecular complexity index is 4180. The lowest BCUT2D eigenvalue weighted by Crippen LogP contribution is -2.21. The Kier molecular flexibility index (Phi) is 12.1. The van der Waals surface area contributed by atoms with E-state index in [0.717, 1.165) is 85.0 Å². The van der Waals surface area contributed by atoms with Crippen LogP contribution in [-0.2, 0) is 5.41 Å². The summed E-state index contributed by atoms with van der Waals surface area (Å²) in [5.41, 5.74) is 21.0. The fourth-order valence-electron chi connectivity index (χ4n) is 12.3. The Morgan fingerprint density at radius 2 is 0.637 bits per heavy atom. The van der Waals surface area contributed by atoms with Gasteiger partial charge < -0.3 is 24.2 Å². The van der Waals surface area contributed by atoms with Crippen LogP contribution in [0.5, 0.6) is 0 Å². The van der Waals surface area contributed by atoms with Crippen LogP contribution < -0.4 is 19.6 Å². The Morgan fingerprint density at radius 3 is 1.10 bits per heavy atom. The average Bonchev–Trinajstić information content (AvgIpc) is 4.12. The Balaban J connectivity index is 1.02. The quantitative estimate of drug-likeness (QED) is 0.114. The van der Waals surface area contributed by atoms with Crippen molar-refractivity contribution in [2.45, 2.75) is 19.3 Å². The van der Waals surface area contributed by atoms with Crippen LogP contribution in [0.4, 0.5) is 68.2 Å². The molecule has 0 radical (unpaired) electrons. The molecule has 14 rings (SSSR count). The van der Waals surface area contributed by atoms with Crippen LogP contribution in [0.25, 0.3) is 38.6 Å². The second-order valence-corrected chi connectivity index (χ2v) is 21.0. The van der Waals surface area contributed by atoms with E-state index < -0.39 is 5.41 Å². The van der Waals surface area contributed by atoms with Gasteiger partial charge in [0, 0.05) is 84.3 Å². The summed E-state index contributed by atoms with van der Waals surface area (Å²) in [5, 5.41) is 2.34. The molecule has 12 aromatic carbocycles. The van der Waals surface area contributed by atoms with Crippen molar-refractivity contribution in [3.63, 3.8) is 0 Å². The van der Waals surface area contributed by atoms with E-state index in [9.17, 15) is 0 Å². The maximum Gasteiger partial charge on any atom is 0.0561 e. The molecule has 0 saturated heterocycles. The van der Waals surface area contributed by atoms with Gasteiger partial charge in [-0.3, -0.25) is 0 Å². The van der Waals surface area contributed by atoms with Crippen molar-refractivity contribution >= 4 is 90.1 Å². The van der Waals surface area contributed by atoms with Crippen molar-refractivity contribution in [3.05, 3.63) is 321 Å². The number of hydrogen-bond acceptors (Lipinski definition) is 4. The Morgan fingerprint density at radius 1 is 0.275 bits per heavy atom. The Labute approximate surface area is 468 Å². The lowest BCUT2D eigenvalue weighted by molar-refractivity contribution is 0.661. The van der Waals surface area contributed by atoms with Crippen LogP contribution in [0, 0.1) is 0 Å². The third-order valence-corrected chi connectivity index (χ3v) is 15.8. The van der Waals surface area contributed by atoms with Crippen molar-refractivity contribution in [1.29, 1.82) is 0 Å². The molecule has 0 amide bonds. The number of hydrogen-bond donors (Lipinski definition) is 0. The average molecular weight is 1030 g/mol. The van der Waals surface area contributed by atoms with Gasteiger partial charge in [0.15, 0.2) is 0 Å². The monoisotopic (exact) mass is 1030 g/mol. The highest BCUT2D eigenvalue weighted by Gasteiger charge is 2.42. The van der Waals surface area contributed by atoms with Crippen molar-refractivity contribution in [1.82, 2.24) is 4.57 Å². The van der Waals surface area contributed by atoms with E-state index in [-0.39, 0.29) is 0 Å². The van der Waals surface area contributed by atoms with Gasteiger partial charge in [0.1, 0.15) is 0 Å². The molecule has 5 heteroatoms. The summed E-state index contributed by atoms with van der Waals surface area (Å²) in [6.07, 6.45) is 0. The lowest BCUT2D eigenvalue weighted by atomic mass is 9.81. The zero-order valence-corrected chi connectivity index (χ0v) is 44.7. The van der Waals surface area contributed by atoms with Crippen LogP contribution >= 0.6 is 0 Å². The second-order valence-electron chi connectivity index (χ2n) is 21.0. The minimum Gasteiger partial charge on any atom is -0.310 e. The number of fused-ring (bicyclic) bond motifs is 6. The van der Waals surface area contributed by atoms with Crippen LogP contribution in [0.1, 0.15) is 25.0 Å². The van der Waals surface area contributed by atoms with E-state index in [0.29, 0.717) is 0 Å². The molecule has 5 nitrogen and oxygen atoms in total. The van der Waals surface area contributed by atoms with Gasteiger partial charge in [-0.25, -0.2) is 0 Å². The summed E-state index contributed by atoms with van der Waals surface area (Å²) in [6.45, 7) is 4.83. The highest BCUT2D eigenvalue weighted by atomic mass is 15.2. The molecule has 0 bridgehead atoms. The largest absolute Gasteiger partial charge is 0.310 e. The summed E-state index contributed by atoms with van der Waals surface area (Å²) in [7, 11) is 0. The van der Waals surface area contributed by atoms with Gasteiger partial charge >= 0.3 is 0 Å². The minimum atomic E-state index is -0.446. The number of benzene rings is 12. The third kappa shape index (κ3) is 8.35. The van der Waals surface area contributed by atoms with Crippen LogP contribution in [0.3, 0.4) is 0 Å². The highest BCUT2D eigenvalue weighted by molar-refractivity contribution is 6.12. The first-order valence-corrected chi connectivity index (χ1v) is 27.5. The van der Waals surface area contributed by atoms with Gasteiger partial charge in [0.05, 0.1) is 22.4 Å². The summed E-state index contributed by atoms with van der Waals surface area (Å²) in [5.74, 6) is 0. The second kappa shape index (κ2) is 20.2. The normalized spacial score (nSPS) is 12.2. The molecule has 0 fully saturated rings. The predicted octanol–water partition coefficient (Wildman–Crippen LogP) is 21.0. The Hall–Kier alpha value is -10.4. The van der Waals surface area contributed by atoms with Crippen molar-refractivity contribution in [2.24, 2.45) is 0 Å². The first-order valence-electron chi connectivity index (χ1n) is 27.5. The lowest BCUT2D eigenvalue weighted by Gasteiger charge is -2.34. The molecular weight excluding hydrogens is 971 g/mol. The SMILES string of the molecule is CC1(C)c2ccc(N(c3ccccc3)c3ccccc3)cc2-c2c(N(c3ccccc3)c3ccccc3)ccc(N(c3ccccc3)c3ccc4c(c3)c3ccc(N(c5ccccc5)c5ccccc5)cc3n4-c3ccccc3)c21. The molecule has 1 aliphatic rings. The van der Waals surface area contributed by atoms with Crippen molar-refractivity contribution in [3.8, 4) is 16.8 Å². The van der Waals surface area contributed by atoms with Gasteiger partial charge in [-0.2, -0.15) is 0 Å². The third-order valence-electron chi connectivity index (χ3n) is 15.8. The first kappa shape index (κ1) is 48.0. The van der Waals surface area contributed by atoms with Gasteiger partial charge in [-0.05, 0) is 168 Å². The van der Waals surface area contributed by atoms with E-state index in [1.165, 1.54) is 33.0 Å². The molecule has 0 aliphatic heterocycles. The van der Waals surface area contributed by atoms with E-state index in [2.05, 4.69) is 347 Å². The molecule has 0 N–H and O–H groups in total. The molecular formula is C75H57N5. The minimum absolute atomic E-state index is 0.446. The van der Waals surface area contributed by atoms with E-state index in [1.54, 1.807) is 0 Å². The highest BCUT2D eigenvalue weighted by Crippen LogP contribution is 2.60. The van der Waals surface area contributed by atoms with Gasteiger partial charge in [0.2, 0.25) is 0 Å². The molecule has 1 heterocycles. The summed E-state index contributed by atoms with van der Waals surface area (Å²) in [4.78, 5) is 9.66. The molecule has 0 spiro atoms. The van der Waals surface area contributed by atoms with Crippen LogP contribution in [0.15, 0.2) is 309 Å². The molecule has 0 saturated carbocycles. The number of anilines is 12. The topological polar surface area (TPSA) is 17.9 Å². The van der Waals surface area contributed by atoms with Gasteiger partial charge in [-0.1, -0.05) is 172 Å².